The summed E-state index contributed by atoms with van der Waals surface area (Å²) in [7, 11) is 0. The third kappa shape index (κ3) is 2.60. The van der Waals surface area contributed by atoms with E-state index in [0.29, 0.717) is 5.41 Å². The summed E-state index contributed by atoms with van der Waals surface area (Å²) in [5.74, 6) is 1.79. The van der Waals surface area contributed by atoms with Gasteiger partial charge in [0.2, 0.25) is 0 Å². The fourth-order valence-corrected chi connectivity index (χ4v) is 2.98. The van der Waals surface area contributed by atoms with Crippen LogP contribution < -0.4 is 5.32 Å². The van der Waals surface area contributed by atoms with Crippen molar-refractivity contribution in [3.05, 3.63) is 0 Å². The summed E-state index contributed by atoms with van der Waals surface area (Å²) in [6, 6.07) is 0.784. The van der Waals surface area contributed by atoms with E-state index in [2.05, 4.69) is 37.9 Å². The van der Waals surface area contributed by atoms with E-state index in [-0.39, 0.29) is 0 Å². The lowest BCUT2D eigenvalue weighted by molar-refractivity contribution is -0.0221. The monoisotopic (exact) mass is 224 g/mol. The van der Waals surface area contributed by atoms with Gasteiger partial charge in [0.1, 0.15) is 0 Å². The van der Waals surface area contributed by atoms with Crippen LogP contribution in [0.1, 0.15) is 40.5 Å². The molecule has 2 unspecified atom stereocenters. The Labute approximate surface area is 101 Å². The number of hydrogen-bond donors (Lipinski definition) is 1. The van der Waals surface area contributed by atoms with Gasteiger partial charge in [-0.05, 0) is 50.1 Å². The summed E-state index contributed by atoms with van der Waals surface area (Å²) in [5, 5.41) is 3.53. The second-order valence-corrected chi connectivity index (χ2v) is 6.86. The van der Waals surface area contributed by atoms with Crippen molar-refractivity contribution >= 4 is 0 Å². The lowest BCUT2D eigenvalue weighted by Gasteiger charge is -2.51. The first kappa shape index (κ1) is 12.4. The predicted molar refractivity (Wildman–Crippen MR) is 69.6 cm³/mol. The Morgan fingerprint density at radius 3 is 2.44 bits per heavy atom. The molecule has 0 saturated carbocycles. The largest absolute Gasteiger partial charge is 0.316 e. The number of piperidine rings is 1. The minimum Gasteiger partial charge on any atom is -0.316 e. The quantitative estimate of drug-likeness (QED) is 0.774. The first-order valence-electron chi connectivity index (χ1n) is 6.93. The number of rotatable bonds is 2. The van der Waals surface area contributed by atoms with Crippen LogP contribution in [0.25, 0.3) is 0 Å². The molecule has 0 aromatic rings. The Kier molecular flexibility index (Phi) is 3.60. The SMILES string of the molecule is CC(C1CCCNC1)N1CC(C(C)(C)C)C1. The second kappa shape index (κ2) is 4.66. The highest BCUT2D eigenvalue weighted by Gasteiger charge is 2.39. The van der Waals surface area contributed by atoms with Crippen molar-refractivity contribution in [1.29, 1.82) is 0 Å². The van der Waals surface area contributed by atoms with Crippen LogP contribution in [0.2, 0.25) is 0 Å². The van der Waals surface area contributed by atoms with Crippen LogP contribution >= 0.6 is 0 Å². The van der Waals surface area contributed by atoms with E-state index in [4.69, 9.17) is 0 Å². The fourth-order valence-electron chi connectivity index (χ4n) is 2.98. The molecule has 1 N–H and O–H groups in total. The minimum atomic E-state index is 0.501. The topological polar surface area (TPSA) is 15.3 Å². The molecule has 0 spiro atoms. The van der Waals surface area contributed by atoms with E-state index in [9.17, 15) is 0 Å². The van der Waals surface area contributed by atoms with Gasteiger partial charge in [0.15, 0.2) is 0 Å². The minimum absolute atomic E-state index is 0.501. The molecule has 2 rings (SSSR count). The molecular weight excluding hydrogens is 196 g/mol. The average molecular weight is 224 g/mol. The summed E-state index contributed by atoms with van der Waals surface area (Å²) in [5.41, 5.74) is 0.501. The molecule has 16 heavy (non-hydrogen) atoms. The lowest BCUT2D eigenvalue weighted by atomic mass is 9.74. The molecular formula is C14H28N2. The number of likely N-dealkylation sites (tertiary alicyclic amines) is 1. The maximum absolute atomic E-state index is 3.53. The molecule has 0 bridgehead atoms. The molecule has 2 saturated heterocycles. The standard InChI is InChI=1S/C14H28N2/c1-11(12-6-5-7-15-8-12)16-9-13(10-16)14(2,3)4/h11-13,15H,5-10H2,1-4H3. The second-order valence-electron chi connectivity index (χ2n) is 6.86. The molecule has 94 valence electrons. The summed E-state index contributed by atoms with van der Waals surface area (Å²) < 4.78 is 0. The van der Waals surface area contributed by atoms with Gasteiger partial charge in [-0.15, -0.1) is 0 Å². The molecule has 2 aliphatic rings. The zero-order chi connectivity index (χ0) is 11.8. The van der Waals surface area contributed by atoms with Crippen LogP contribution in [-0.4, -0.2) is 37.1 Å². The average Bonchev–Trinajstić information content (AvgIpc) is 2.14. The van der Waals surface area contributed by atoms with E-state index >= 15 is 0 Å². The van der Waals surface area contributed by atoms with Crippen LogP contribution in [0.4, 0.5) is 0 Å². The molecule has 0 aliphatic carbocycles. The number of nitrogens with one attached hydrogen (secondary N) is 1. The maximum Gasteiger partial charge on any atom is 0.0108 e. The van der Waals surface area contributed by atoms with Gasteiger partial charge in [-0.25, -0.2) is 0 Å². The van der Waals surface area contributed by atoms with E-state index in [1.54, 1.807) is 0 Å². The van der Waals surface area contributed by atoms with Crippen molar-refractivity contribution in [3.8, 4) is 0 Å². The van der Waals surface area contributed by atoms with Gasteiger partial charge in [0, 0.05) is 19.1 Å². The normalized spacial score (nSPS) is 31.1. The first-order valence-corrected chi connectivity index (χ1v) is 6.93. The Morgan fingerprint density at radius 2 is 1.94 bits per heavy atom. The third-order valence-corrected chi connectivity index (χ3v) is 4.73. The molecule has 2 heteroatoms. The third-order valence-electron chi connectivity index (χ3n) is 4.73. The number of hydrogen-bond acceptors (Lipinski definition) is 2. The van der Waals surface area contributed by atoms with Crippen LogP contribution in [0.3, 0.4) is 0 Å². The fraction of sp³-hybridized carbons (Fsp3) is 1.00. The molecule has 2 fully saturated rings. The van der Waals surface area contributed by atoms with Gasteiger partial charge in [0.05, 0.1) is 0 Å². The van der Waals surface area contributed by atoms with Crippen LogP contribution in [0, 0.1) is 17.3 Å². The van der Waals surface area contributed by atoms with Crippen molar-refractivity contribution in [2.45, 2.75) is 46.6 Å². The lowest BCUT2D eigenvalue weighted by Crippen LogP contribution is -2.58. The Hall–Kier alpha value is -0.0800. The van der Waals surface area contributed by atoms with E-state index in [1.165, 1.54) is 39.0 Å². The highest BCUT2D eigenvalue weighted by molar-refractivity contribution is 4.92. The van der Waals surface area contributed by atoms with Gasteiger partial charge in [-0.2, -0.15) is 0 Å². The maximum atomic E-state index is 3.53. The molecule has 2 atom stereocenters. The Bertz CT molecular complexity index is 219. The summed E-state index contributed by atoms with van der Waals surface area (Å²) in [4.78, 5) is 2.69. The van der Waals surface area contributed by atoms with Crippen molar-refractivity contribution in [1.82, 2.24) is 10.2 Å². The zero-order valence-corrected chi connectivity index (χ0v) is 11.4. The summed E-state index contributed by atoms with van der Waals surface area (Å²) >= 11 is 0. The van der Waals surface area contributed by atoms with Crippen molar-refractivity contribution in [2.24, 2.45) is 17.3 Å². The molecule has 2 nitrogen and oxygen atoms in total. The number of nitrogens with zero attached hydrogens (tertiary/aromatic N) is 1. The van der Waals surface area contributed by atoms with E-state index in [1.807, 2.05) is 0 Å². The molecule has 0 aromatic carbocycles. The summed E-state index contributed by atoms with van der Waals surface area (Å²) in [6.45, 7) is 14.7. The predicted octanol–water partition coefficient (Wildman–Crippen LogP) is 2.35. The Balaban J connectivity index is 1.78. The van der Waals surface area contributed by atoms with Gasteiger partial charge < -0.3 is 5.32 Å². The zero-order valence-electron chi connectivity index (χ0n) is 11.4. The van der Waals surface area contributed by atoms with Crippen molar-refractivity contribution < 1.29 is 0 Å². The molecule has 2 heterocycles. The first-order chi connectivity index (χ1) is 7.48. The van der Waals surface area contributed by atoms with Crippen molar-refractivity contribution in [3.63, 3.8) is 0 Å². The van der Waals surface area contributed by atoms with Gasteiger partial charge >= 0.3 is 0 Å². The van der Waals surface area contributed by atoms with Gasteiger partial charge in [-0.3, -0.25) is 4.90 Å². The molecule has 0 aromatic heterocycles. The van der Waals surface area contributed by atoms with Crippen LogP contribution in [0.5, 0.6) is 0 Å². The molecule has 0 radical (unpaired) electrons. The van der Waals surface area contributed by atoms with Crippen molar-refractivity contribution in [2.75, 3.05) is 26.2 Å². The van der Waals surface area contributed by atoms with Gasteiger partial charge in [0.25, 0.3) is 0 Å². The van der Waals surface area contributed by atoms with Crippen LogP contribution in [0.15, 0.2) is 0 Å². The summed E-state index contributed by atoms with van der Waals surface area (Å²) in [6.07, 6.45) is 2.79. The molecule has 0 amide bonds. The highest BCUT2D eigenvalue weighted by atomic mass is 15.2. The highest BCUT2D eigenvalue weighted by Crippen LogP contribution is 2.36. The van der Waals surface area contributed by atoms with E-state index < -0.39 is 0 Å². The van der Waals surface area contributed by atoms with E-state index in [0.717, 1.165) is 17.9 Å². The van der Waals surface area contributed by atoms with Gasteiger partial charge in [-0.1, -0.05) is 20.8 Å². The smallest absolute Gasteiger partial charge is 0.0108 e. The van der Waals surface area contributed by atoms with Crippen LogP contribution in [-0.2, 0) is 0 Å². The Morgan fingerprint density at radius 1 is 1.25 bits per heavy atom. The molecule has 2 aliphatic heterocycles.